The second kappa shape index (κ2) is 11.7. The lowest BCUT2D eigenvalue weighted by Crippen LogP contribution is -2.47. The van der Waals surface area contributed by atoms with Crippen molar-refractivity contribution in [2.45, 2.75) is 52.2 Å². The minimum absolute atomic E-state index is 0.0200. The summed E-state index contributed by atoms with van der Waals surface area (Å²) >= 11 is 1.43. The third kappa shape index (κ3) is 7.10. The summed E-state index contributed by atoms with van der Waals surface area (Å²) in [5.41, 5.74) is 3.05. The van der Waals surface area contributed by atoms with Crippen LogP contribution in [-0.2, 0) is 4.74 Å². The molecule has 2 N–H and O–H groups in total. The number of rotatable bonds is 6. The van der Waals surface area contributed by atoms with Gasteiger partial charge in [-0.3, -0.25) is 4.79 Å². The maximum absolute atomic E-state index is 13.2. The largest absolute Gasteiger partial charge is 0.444 e. The van der Waals surface area contributed by atoms with E-state index in [4.69, 9.17) is 9.72 Å². The molecule has 5 rings (SSSR count). The Morgan fingerprint density at radius 1 is 1.05 bits per heavy atom. The number of ether oxygens (including phenoxy) is 1. The fraction of sp³-hybridized carbons (Fsp3) is 0.367. The number of fused-ring (bicyclic) bond motifs is 1. The highest BCUT2D eigenvalue weighted by Gasteiger charge is 2.26. The summed E-state index contributed by atoms with van der Waals surface area (Å²) in [6.45, 7) is 8.67. The normalized spacial score (nSPS) is 14.1. The van der Waals surface area contributed by atoms with E-state index in [1.807, 2.05) is 44.9 Å². The van der Waals surface area contributed by atoms with Crippen LogP contribution in [0.2, 0.25) is 0 Å². The Morgan fingerprint density at radius 3 is 2.49 bits per heavy atom. The lowest BCUT2D eigenvalue weighted by atomic mass is 10.0. The van der Waals surface area contributed by atoms with E-state index in [1.54, 1.807) is 23.2 Å². The smallest absolute Gasteiger partial charge is 0.407 e. The predicted octanol–water partition coefficient (Wildman–Crippen LogP) is 6.04. The fourth-order valence-corrected chi connectivity index (χ4v) is 5.41. The first-order chi connectivity index (χ1) is 19.5. The summed E-state index contributed by atoms with van der Waals surface area (Å²) in [6, 6.07) is 15.7. The molecule has 1 fully saturated rings. The highest BCUT2D eigenvalue weighted by Crippen LogP contribution is 2.30. The van der Waals surface area contributed by atoms with Gasteiger partial charge in [0.2, 0.25) is 0 Å². The van der Waals surface area contributed by atoms with Crippen molar-refractivity contribution >= 4 is 56.1 Å². The van der Waals surface area contributed by atoms with E-state index < -0.39 is 11.7 Å². The van der Waals surface area contributed by atoms with Crippen LogP contribution in [0.15, 0.2) is 54.7 Å². The van der Waals surface area contributed by atoms with E-state index in [2.05, 4.69) is 51.8 Å². The summed E-state index contributed by atoms with van der Waals surface area (Å²) in [7, 11) is 1.99. The third-order valence-corrected chi connectivity index (χ3v) is 7.63. The molecule has 0 saturated carbocycles. The maximum Gasteiger partial charge on any atom is 0.407 e. The van der Waals surface area contributed by atoms with Gasteiger partial charge in [0, 0.05) is 43.6 Å². The van der Waals surface area contributed by atoms with Gasteiger partial charge in [0.05, 0.1) is 0 Å². The molecule has 1 aromatic carbocycles. The molecule has 3 aromatic heterocycles. The first kappa shape index (κ1) is 28.3. The van der Waals surface area contributed by atoms with Crippen LogP contribution in [0.25, 0.3) is 10.3 Å². The number of nitrogens with one attached hydrogen (secondary N) is 2. The van der Waals surface area contributed by atoms with Crippen LogP contribution in [0.5, 0.6) is 0 Å². The minimum atomic E-state index is -0.545. The summed E-state index contributed by atoms with van der Waals surface area (Å²) in [5.74, 6) is 1.29. The standard InChI is InChI=1S/C30H35N7O3S/c1-19-6-8-22(9-7-19)36(5)25-11-10-23-26(35-25)41-28(33-23)34-24-18-20(12-15-31-24)27(38)37-16-13-21(14-17-37)32-29(39)40-30(2,3)4/h6-12,15,18,21H,13-14,16-17H2,1-5H3,(H,32,39)(H,31,33,34). The van der Waals surface area contributed by atoms with E-state index in [1.165, 1.54) is 16.9 Å². The van der Waals surface area contributed by atoms with Crippen molar-refractivity contribution in [2.24, 2.45) is 0 Å². The van der Waals surface area contributed by atoms with Crippen molar-refractivity contribution in [2.75, 3.05) is 30.4 Å². The van der Waals surface area contributed by atoms with Gasteiger partial charge in [-0.2, -0.15) is 0 Å². The Morgan fingerprint density at radius 2 is 1.78 bits per heavy atom. The molecule has 4 heterocycles. The molecule has 214 valence electrons. The number of pyridine rings is 2. The molecule has 0 atom stereocenters. The number of alkyl carbamates (subject to hydrolysis) is 1. The highest BCUT2D eigenvalue weighted by molar-refractivity contribution is 7.21. The van der Waals surface area contributed by atoms with Crippen molar-refractivity contribution in [1.82, 2.24) is 25.2 Å². The molecule has 0 unspecified atom stereocenters. The molecule has 0 bridgehead atoms. The topological polar surface area (TPSA) is 113 Å². The zero-order valence-corrected chi connectivity index (χ0v) is 24.8. The molecule has 41 heavy (non-hydrogen) atoms. The Labute approximate surface area is 243 Å². The number of piperidine rings is 1. The molecule has 0 spiro atoms. The van der Waals surface area contributed by atoms with Gasteiger partial charge in [-0.1, -0.05) is 29.0 Å². The summed E-state index contributed by atoms with van der Waals surface area (Å²) in [4.78, 5) is 43.8. The zero-order chi connectivity index (χ0) is 29.1. The molecular formula is C30H35N7O3S. The van der Waals surface area contributed by atoms with Gasteiger partial charge in [0.15, 0.2) is 5.13 Å². The number of benzene rings is 1. The number of aromatic nitrogens is 3. The van der Waals surface area contributed by atoms with E-state index in [0.717, 1.165) is 21.9 Å². The molecule has 11 heteroatoms. The van der Waals surface area contributed by atoms with Crippen LogP contribution >= 0.6 is 11.3 Å². The number of carbonyl (C=O) groups excluding carboxylic acids is 2. The first-order valence-corrected chi connectivity index (χ1v) is 14.5. The average molecular weight is 574 g/mol. The van der Waals surface area contributed by atoms with Crippen molar-refractivity contribution in [3.05, 3.63) is 65.9 Å². The van der Waals surface area contributed by atoms with E-state index in [-0.39, 0.29) is 11.9 Å². The number of anilines is 4. The lowest BCUT2D eigenvalue weighted by Gasteiger charge is -2.33. The van der Waals surface area contributed by atoms with Crippen molar-refractivity contribution in [1.29, 1.82) is 0 Å². The lowest BCUT2D eigenvalue weighted by molar-refractivity contribution is 0.0473. The quantitative estimate of drug-likeness (QED) is 0.287. The molecule has 10 nitrogen and oxygen atoms in total. The predicted molar refractivity (Wildman–Crippen MR) is 162 cm³/mol. The van der Waals surface area contributed by atoms with Gasteiger partial charge in [-0.05, 0) is 76.9 Å². The summed E-state index contributed by atoms with van der Waals surface area (Å²) in [6.07, 6.45) is 2.53. The number of thiazole rings is 1. The van der Waals surface area contributed by atoms with E-state index in [0.29, 0.717) is 42.4 Å². The van der Waals surface area contributed by atoms with Crippen LogP contribution in [0.4, 0.5) is 27.2 Å². The first-order valence-electron chi connectivity index (χ1n) is 13.6. The molecule has 1 saturated heterocycles. The molecule has 1 aliphatic heterocycles. The van der Waals surface area contributed by atoms with Crippen LogP contribution in [-0.4, -0.2) is 63.6 Å². The number of nitrogens with zero attached hydrogens (tertiary/aromatic N) is 5. The molecule has 4 aromatic rings. The van der Waals surface area contributed by atoms with Gasteiger partial charge >= 0.3 is 6.09 Å². The fourth-order valence-electron chi connectivity index (χ4n) is 4.57. The Bertz CT molecular complexity index is 1540. The number of hydrogen-bond acceptors (Lipinski definition) is 9. The monoisotopic (exact) mass is 573 g/mol. The number of carbonyl (C=O) groups is 2. The summed E-state index contributed by atoms with van der Waals surface area (Å²) in [5, 5.41) is 6.79. The second-order valence-corrected chi connectivity index (χ2v) is 12.2. The SMILES string of the molecule is Cc1ccc(N(C)c2ccc3nc(Nc4cc(C(=O)N5CCC(NC(=O)OC(C)(C)C)CC5)ccn4)sc3n2)cc1. The highest BCUT2D eigenvalue weighted by atomic mass is 32.1. The van der Waals surface area contributed by atoms with Crippen molar-refractivity contribution in [3.8, 4) is 0 Å². The van der Waals surface area contributed by atoms with Crippen LogP contribution < -0.4 is 15.5 Å². The molecular weight excluding hydrogens is 538 g/mol. The van der Waals surface area contributed by atoms with Crippen LogP contribution in [0.1, 0.15) is 49.5 Å². The Kier molecular flexibility index (Phi) is 8.07. The van der Waals surface area contributed by atoms with Gasteiger partial charge < -0.3 is 25.2 Å². The maximum atomic E-state index is 13.2. The van der Waals surface area contributed by atoms with Gasteiger partial charge in [0.25, 0.3) is 5.91 Å². The Hall–Kier alpha value is -4.25. The molecule has 2 amide bonds. The number of likely N-dealkylation sites (tertiary alicyclic amines) is 1. The van der Waals surface area contributed by atoms with Gasteiger partial charge in [-0.15, -0.1) is 0 Å². The van der Waals surface area contributed by atoms with Crippen molar-refractivity contribution < 1.29 is 14.3 Å². The van der Waals surface area contributed by atoms with Gasteiger partial charge in [-0.25, -0.2) is 19.7 Å². The number of amides is 2. The second-order valence-electron chi connectivity index (χ2n) is 11.2. The molecule has 1 aliphatic rings. The summed E-state index contributed by atoms with van der Waals surface area (Å²) < 4.78 is 5.35. The zero-order valence-electron chi connectivity index (χ0n) is 24.0. The van der Waals surface area contributed by atoms with Crippen molar-refractivity contribution in [3.63, 3.8) is 0 Å². The number of hydrogen-bond donors (Lipinski definition) is 2. The van der Waals surface area contributed by atoms with Crippen LogP contribution in [0.3, 0.4) is 0 Å². The van der Waals surface area contributed by atoms with E-state index in [9.17, 15) is 9.59 Å². The Balaban J connectivity index is 1.21. The average Bonchev–Trinajstić information content (AvgIpc) is 3.33. The van der Waals surface area contributed by atoms with Crippen LogP contribution in [0, 0.1) is 6.92 Å². The number of aryl methyl sites for hydroxylation is 1. The third-order valence-electron chi connectivity index (χ3n) is 6.75. The van der Waals surface area contributed by atoms with E-state index >= 15 is 0 Å². The minimum Gasteiger partial charge on any atom is -0.444 e. The molecule has 0 radical (unpaired) electrons. The van der Waals surface area contributed by atoms with Gasteiger partial charge in [0.1, 0.15) is 27.6 Å². The molecule has 0 aliphatic carbocycles.